The highest BCUT2D eigenvalue weighted by Gasteiger charge is 2.26. The van der Waals surface area contributed by atoms with Gasteiger partial charge >= 0.3 is 0 Å². The fraction of sp³-hybridized carbons (Fsp3) is 0.533. The molecule has 1 unspecified atom stereocenters. The normalized spacial score (nSPS) is 20.2. The predicted molar refractivity (Wildman–Crippen MR) is 73.8 cm³/mol. The highest BCUT2D eigenvalue weighted by atomic mass is 16.5. The molecule has 1 aromatic carbocycles. The van der Waals surface area contributed by atoms with Crippen LogP contribution in [0.2, 0.25) is 0 Å². The Kier molecular flexibility index (Phi) is 4.93. The third kappa shape index (κ3) is 3.55. The second-order valence-electron chi connectivity index (χ2n) is 4.57. The smallest absolute Gasteiger partial charge is 0.192 e. The Morgan fingerprint density at radius 3 is 2.74 bits per heavy atom. The fourth-order valence-electron chi connectivity index (χ4n) is 2.22. The van der Waals surface area contributed by atoms with E-state index in [1.807, 2.05) is 31.2 Å². The molecule has 2 rings (SSSR count). The van der Waals surface area contributed by atoms with E-state index >= 15 is 0 Å². The van der Waals surface area contributed by atoms with Crippen molar-refractivity contribution in [3.63, 3.8) is 0 Å². The summed E-state index contributed by atoms with van der Waals surface area (Å²) in [5.41, 5.74) is 0.686. The Balaban J connectivity index is 2.02. The first-order valence-corrected chi connectivity index (χ1v) is 6.85. The van der Waals surface area contributed by atoms with E-state index in [0.717, 1.165) is 18.8 Å². The fourth-order valence-corrected chi connectivity index (χ4v) is 2.22. The second-order valence-corrected chi connectivity index (χ2v) is 4.57. The van der Waals surface area contributed by atoms with E-state index < -0.39 is 0 Å². The molecule has 0 N–H and O–H groups in total. The van der Waals surface area contributed by atoms with Crippen molar-refractivity contribution in [3.05, 3.63) is 29.8 Å². The van der Waals surface area contributed by atoms with E-state index in [1.54, 1.807) is 0 Å². The molecule has 0 amide bonds. The van der Waals surface area contributed by atoms with Gasteiger partial charge in [-0.1, -0.05) is 6.92 Å². The summed E-state index contributed by atoms with van der Waals surface area (Å²) < 4.78 is 11.0. The van der Waals surface area contributed by atoms with Crippen LogP contribution in [0.1, 0.15) is 24.2 Å². The number of ether oxygens (including phenoxy) is 2. The van der Waals surface area contributed by atoms with Gasteiger partial charge in [-0.3, -0.25) is 9.69 Å². The molecule has 1 saturated heterocycles. The molecule has 1 heterocycles. The molecule has 0 aliphatic carbocycles. The molecule has 1 aliphatic rings. The maximum Gasteiger partial charge on any atom is 0.192 e. The average Bonchev–Trinajstić information content (AvgIpc) is 2.48. The van der Waals surface area contributed by atoms with Crippen LogP contribution in [-0.2, 0) is 4.74 Å². The van der Waals surface area contributed by atoms with E-state index in [9.17, 15) is 4.79 Å². The van der Waals surface area contributed by atoms with Gasteiger partial charge in [-0.05, 0) is 37.7 Å². The second kappa shape index (κ2) is 6.68. The van der Waals surface area contributed by atoms with Crippen LogP contribution in [0.25, 0.3) is 0 Å². The molecule has 19 heavy (non-hydrogen) atoms. The molecule has 4 heteroatoms. The zero-order chi connectivity index (χ0) is 13.7. The topological polar surface area (TPSA) is 38.8 Å². The number of benzene rings is 1. The standard InChI is InChI=1S/C15H21NO3/c1-3-16-9-10-19-14(11-16)15(17)12-5-7-13(8-6-12)18-4-2/h5-8,14H,3-4,9-11H2,1-2H3. The van der Waals surface area contributed by atoms with E-state index in [2.05, 4.69) is 11.8 Å². The lowest BCUT2D eigenvalue weighted by Gasteiger charge is -2.31. The third-order valence-corrected chi connectivity index (χ3v) is 3.34. The molecule has 1 aliphatic heterocycles. The summed E-state index contributed by atoms with van der Waals surface area (Å²) in [5, 5.41) is 0. The van der Waals surface area contributed by atoms with E-state index in [4.69, 9.17) is 9.47 Å². The molecule has 0 spiro atoms. The number of rotatable bonds is 5. The molecule has 4 nitrogen and oxygen atoms in total. The van der Waals surface area contributed by atoms with Gasteiger partial charge in [0.15, 0.2) is 5.78 Å². The molecule has 0 saturated carbocycles. The summed E-state index contributed by atoms with van der Waals surface area (Å²) in [6.07, 6.45) is -0.341. The lowest BCUT2D eigenvalue weighted by Crippen LogP contribution is -2.45. The molecule has 104 valence electrons. The van der Waals surface area contributed by atoms with Crippen molar-refractivity contribution in [2.45, 2.75) is 20.0 Å². The minimum absolute atomic E-state index is 0.0567. The molecule has 0 bridgehead atoms. The van der Waals surface area contributed by atoms with Crippen LogP contribution >= 0.6 is 0 Å². The Morgan fingerprint density at radius 2 is 2.11 bits per heavy atom. The van der Waals surface area contributed by atoms with E-state index in [-0.39, 0.29) is 11.9 Å². The van der Waals surface area contributed by atoms with Crippen molar-refractivity contribution in [2.75, 3.05) is 32.8 Å². The van der Waals surface area contributed by atoms with Crippen molar-refractivity contribution >= 4 is 5.78 Å². The third-order valence-electron chi connectivity index (χ3n) is 3.34. The van der Waals surface area contributed by atoms with Gasteiger partial charge in [0.2, 0.25) is 0 Å². The molecule has 0 aromatic heterocycles. The van der Waals surface area contributed by atoms with Crippen LogP contribution in [0.5, 0.6) is 5.75 Å². The highest BCUT2D eigenvalue weighted by Crippen LogP contribution is 2.16. The highest BCUT2D eigenvalue weighted by molar-refractivity contribution is 5.99. The maximum absolute atomic E-state index is 12.3. The van der Waals surface area contributed by atoms with E-state index in [1.165, 1.54) is 0 Å². The number of Topliss-reactive ketones (excluding diaryl/α,β-unsaturated/α-hetero) is 1. The lowest BCUT2D eigenvalue weighted by molar-refractivity contribution is -0.0148. The average molecular weight is 263 g/mol. The SMILES string of the molecule is CCOc1ccc(C(=O)C2CN(CC)CCO2)cc1. The molecule has 1 aromatic rings. The van der Waals surface area contributed by atoms with Gasteiger partial charge in [0.05, 0.1) is 13.2 Å². The first-order chi connectivity index (χ1) is 9.24. The van der Waals surface area contributed by atoms with Gasteiger partial charge < -0.3 is 9.47 Å². The monoisotopic (exact) mass is 263 g/mol. The molecule has 0 radical (unpaired) electrons. The van der Waals surface area contributed by atoms with E-state index in [0.29, 0.717) is 25.3 Å². The largest absolute Gasteiger partial charge is 0.494 e. The summed E-state index contributed by atoms with van der Waals surface area (Å²) >= 11 is 0. The number of carbonyl (C=O) groups excluding carboxylic acids is 1. The van der Waals surface area contributed by atoms with Crippen LogP contribution in [-0.4, -0.2) is 49.6 Å². The molecule has 1 atom stereocenters. The van der Waals surface area contributed by atoms with Crippen molar-refractivity contribution in [2.24, 2.45) is 0 Å². The van der Waals surface area contributed by atoms with Crippen molar-refractivity contribution in [1.29, 1.82) is 0 Å². The maximum atomic E-state index is 12.3. The summed E-state index contributed by atoms with van der Waals surface area (Å²) in [5.74, 6) is 0.847. The number of likely N-dealkylation sites (N-methyl/N-ethyl adjacent to an activating group) is 1. The van der Waals surface area contributed by atoms with Crippen LogP contribution in [0.3, 0.4) is 0 Å². The summed E-state index contributed by atoms with van der Waals surface area (Å²) in [4.78, 5) is 14.6. The van der Waals surface area contributed by atoms with Crippen LogP contribution in [0, 0.1) is 0 Å². The minimum Gasteiger partial charge on any atom is -0.494 e. The van der Waals surface area contributed by atoms with Crippen molar-refractivity contribution < 1.29 is 14.3 Å². The number of hydrogen-bond acceptors (Lipinski definition) is 4. The first-order valence-electron chi connectivity index (χ1n) is 6.85. The summed E-state index contributed by atoms with van der Waals surface area (Å²) in [6, 6.07) is 7.28. The lowest BCUT2D eigenvalue weighted by atomic mass is 10.0. The van der Waals surface area contributed by atoms with Crippen LogP contribution in [0.4, 0.5) is 0 Å². The summed E-state index contributed by atoms with van der Waals surface area (Å²) in [6.45, 7) is 7.84. The van der Waals surface area contributed by atoms with Crippen molar-refractivity contribution in [1.82, 2.24) is 4.90 Å². The number of hydrogen-bond donors (Lipinski definition) is 0. The number of nitrogens with zero attached hydrogens (tertiary/aromatic N) is 1. The van der Waals surface area contributed by atoms with Gasteiger partial charge in [0, 0.05) is 18.7 Å². The Labute approximate surface area is 114 Å². The number of carbonyl (C=O) groups is 1. The van der Waals surface area contributed by atoms with Gasteiger partial charge in [-0.2, -0.15) is 0 Å². The molecular formula is C15H21NO3. The van der Waals surface area contributed by atoms with Crippen LogP contribution in [0.15, 0.2) is 24.3 Å². The predicted octanol–water partition coefficient (Wildman–Crippen LogP) is 1.99. The zero-order valence-corrected chi connectivity index (χ0v) is 11.6. The quantitative estimate of drug-likeness (QED) is 0.762. The zero-order valence-electron chi connectivity index (χ0n) is 11.6. The summed E-state index contributed by atoms with van der Waals surface area (Å²) in [7, 11) is 0. The Bertz CT molecular complexity index is 416. The van der Waals surface area contributed by atoms with Crippen molar-refractivity contribution in [3.8, 4) is 5.75 Å². The Morgan fingerprint density at radius 1 is 1.37 bits per heavy atom. The first kappa shape index (κ1) is 14.0. The van der Waals surface area contributed by atoms with Gasteiger partial charge in [-0.25, -0.2) is 0 Å². The van der Waals surface area contributed by atoms with Crippen LogP contribution < -0.4 is 4.74 Å². The number of morpholine rings is 1. The van der Waals surface area contributed by atoms with Gasteiger partial charge in [0.1, 0.15) is 11.9 Å². The molecule has 1 fully saturated rings. The van der Waals surface area contributed by atoms with Gasteiger partial charge in [-0.15, -0.1) is 0 Å². The number of ketones is 1. The Hall–Kier alpha value is -1.39. The van der Waals surface area contributed by atoms with Gasteiger partial charge in [0.25, 0.3) is 0 Å². The minimum atomic E-state index is -0.341. The molecular weight excluding hydrogens is 242 g/mol.